The van der Waals surface area contributed by atoms with Crippen LogP contribution in [0.1, 0.15) is 17.1 Å². The number of nitrogens with zero attached hydrogens (tertiary/aromatic N) is 3. The molecule has 3 heterocycles. The number of anilines is 1. The predicted molar refractivity (Wildman–Crippen MR) is 121 cm³/mol. The Hall–Kier alpha value is -3.38. The number of aromatic nitrogens is 3. The van der Waals surface area contributed by atoms with Gasteiger partial charge in [0.2, 0.25) is 0 Å². The van der Waals surface area contributed by atoms with E-state index in [4.69, 9.17) is 4.42 Å². The van der Waals surface area contributed by atoms with Crippen molar-refractivity contribution in [2.24, 2.45) is 0 Å². The smallest absolute Gasteiger partial charge is 0.160 e. The Morgan fingerprint density at radius 1 is 0.900 bits per heavy atom. The van der Waals surface area contributed by atoms with Crippen molar-refractivity contribution >= 4 is 27.3 Å². The van der Waals surface area contributed by atoms with E-state index in [-0.39, 0.29) is 0 Å². The molecular formula is C24H19BrN4O. The van der Waals surface area contributed by atoms with Crippen molar-refractivity contribution in [3.05, 3.63) is 107 Å². The van der Waals surface area contributed by atoms with Gasteiger partial charge >= 0.3 is 0 Å². The molecule has 5 nitrogen and oxygen atoms in total. The first kappa shape index (κ1) is 18.6. The molecule has 0 aliphatic rings. The lowest BCUT2D eigenvalue weighted by Gasteiger charge is -2.06. The molecule has 1 N–H and O–H groups in total. The highest BCUT2D eigenvalue weighted by atomic mass is 79.9. The van der Waals surface area contributed by atoms with Crippen LogP contribution in [0.25, 0.3) is 17.0 Å². The van der Waals surface area contributed by atoms with Crippen LogP contribution in [0.15, 0.2) is 93.9 Å². The van der Waals surface area contributed by atoms with Gasteiger partial charge in [0.1, 0.15) is 17.3 Å². The summed E-state index contributed by atoms with van der Waals surface area (Å²) in [6, 6.07) is 26.4. The molecule has 30 heavy (non-hydrogen) atoms. The summed E-state index contributed by atoms with van der Waals surface area (Å²) < 4.78 is 9.04. The Labute approximate surface area is 182 Å². The van der Waals surface area contributed by atoms with E-state index in [0.29, 0.717) is 6.54 Å². The summed E-state index contributed by atoms with van der Waals surface area (Å²) in [7, 11) is 0. The second-order valence-corrected chi connectivity index (χ2v) is 7.96. The molecule has 0 saturated heterocycles. The molecule has 3 aromatic heterocycles. The van der Waals surface area contributed by atoms with E-state index in [1.807, 2.05) is 65.2 Å². The molecule has 0 unspecified atom stereocenters. The fourth-order valence-electron chi connectivity index (χ4n) is 3.39. The predicted octanol–water partition coefficient (Wildman–Crippen LogP) is 5.95. The van der Waals surface area contributed by atoms with Gasteiger partial charge in [0.15, 0.2) is 5.65 Å². The molecule has 0 amide bonds. The van der Waals surface area contributed by atoms with Crippen LogP contribution in [-0.2, 0) is 13.0 Å². The number of furan rings is 1. The molecule has 6 heteroatoms. The number of nitrogens with one attached hydrogen (secondary N) is 1. The molecule has 0 aliphatic carbocycles. The van der Waals surface area contributed by atoms with Crippen LogP contribution < -0.4 is 5.32 Å². The molecule has 0 saturated carbocycles. The summed E-state index contributed by atoms with van der Waals surface area (Å²) in [5, 5.41) is 11.9. The summed E-state index contributed by atoms with van der Waals surface area (Å²) in [4.78, 5) is 0. The van der Waals surface area contributed by atoms with E-state index in [2.05, 4.69) is 55.7 Å². The third-order valence-electron chi connectivity index (χ3n) is 4.94. The average Bonchev–Trinajstić information content (AvgIpc) is 3.41. The van der Waals surface area contributed by atoms with Crippen LogP contribution in [0, 0.1) is 0 Å². The van der Waals surface area contributed by atoms with Crippen LogP contribution in [0.4, 0.5) is 5.69 Å². The Bertz CT molecular complexity index is 1290. The number of fused-ring (bicyclic) bond motifs is 1. The van der Waals surface area contributed by atoms with Crippen LogP contribution in [-0.4, -0.2) is 14.6 Å². The highest BCUT2D eigenvalue weighted by Crippen LogP contribution is 2.25. The standard InChI is InChI=1S/C24H19BrN4O/c25-19-5-3-4-18(15-19)22-12-11-21(30-22)16-26-20-9-7-17(8-10-20)14-24-28-27-23-6-1-2-13-29(23)24/h1-13,15,26H,14,16H2. The van der Waals surface area contributed by atoms with Crippen LogP contribution in [0.3, 0.4) is 0 Å². The van der Waals surface area contributed by atoms with Crippen molar-refractivity contribution in [1.82, 2.24) is 14.6 Å². The summed E-state index contributed by atoms with van der Waals surface area (Å²) in [6.45, 7) is 0.627. The largest absolute Gasteiger partial charge is 0.459 e. The molecule has 0 spiro atoms. The topological polar surface area (TPSA) is 55.4 Å². The minimum Gasteiger partial charge on any atom is -0.459 e. The first-order valence-electron chi connectivity index (χ1n) is 9.71. The SMILES string of the molecule is Brc1cccc(-c2ccc(CNc3ccc(Cc4nnc5ccccn45)cc3)o2)c1. The molecule has 148 valence electrons. The van der Waals surface area contributed by atoms with Crippen LogP contribution in [0.2, 0.25) is 0 Å². The minimum atomic E-state index is 0.627. The highest BCUT2D eigenvalue weighted by molar-refractivity contribution is 9.10. The molecular weight excluding hydrogens is 440 g/mol. The van der Waals surface area contributed by atoms with Crippen molar-refractivity contribution in [3.63, 3.8) is 0 Å². The van der Waals surface area contributed by atoms with Gasteiger partial charge in [-0.25, -0.2) is 0 Å². The number of pyridine rings is 1. The Morgan fingerprint density at radius 2 is 1.80 bits per heavy atom. The van der Waals surface area contributed by atoms with Crippen LogP contribution in [0.5, 0.6) is 0 Å². The second-order valence-electron chi connectivity index (χ2n) is 7.05. The lowest BCUT2D eigenvalue weighted by atomic mass is 10.1. The van der Waals surface area contributed by atoms with Gasteiger partial charge in [-0.15, -0.1) is 10.2 Å². The number of benzene rings is 2. The Kier molecular flexibility index (Phi) is 5.07. The van der Waals surface area contributed by atoms with Gasteiger partial charge in [-0.05, 0) is 54.1 Å². The summed E-state index contributed by atoms with van der Waals surface area (Å²) in [5.74, 6) is 2.69. The molecule has 2 aromatic carbocycles. The van der Waals surface area contributed by atoms with Crippen molar-refractivity contribution in [2.45, 2.75) is 13.0 Å². The zero-order chi connectivity index (χ0) is 20.3. The van der Waals surface area contributed by atoms with Gasteiger partial charge in [-0.2, -0.15) is 0 Å². The number of hydrogen-bond donors (Lipinski definition) is 1. The van der Waals surface area contributed by atoms with Gasteiger partial charge < -0.3 is 9.73 Å². The fourth-order valence-corrected chi connectivity index (χ4v) is 3.79. The third kappa shape index (κ3) is 4.00. The van der Waals surface area contributed by atoms with Crippen LogP contribution >= 0.6 is 15.9 Å². The zero-order valence-corrected chi connectivity index (χ0v) is 17.7. The number of hydrogen-bond acceptors (Lipinski definition) is 4. The quantitative estimate of drug-likeness (QED) is 0.341. The van der Waals surface area contributed by atoms with Crippen molar-refractivity contribution in [3.8, 4) is 11.3 Å². The Morgan fingerprint density at radius 3 is 2.67 bits per heavy atom. The lowest BCUT2D eigenvalue weighted by Crippen LogP contribution is -1.99. The molecule has 0 radical (unpaired) electrons. The minimum absolute atomic E-state index is 0.627. The van der Waals surface area contributed by atoms with Gasteiger partial charge in [0.25, 0.3) is 0 Å². The second kappa shape index (κ2) is 8.16. The molecule has 5 aromatic rings. The highest BCUT2D eigenvalue weighted by Gasteiger charge is 2.07. The van der Waals surface area contributed by atoms with Gasteiger partial charge in [-0.3, -0.25) is 4.40 Å². The normalized spacial score (nSPS) is 11.1. The van der Waals surface area contributed by atoms with E-state index < -0.39 is 0 Å². The maximum atomic E-state index is 5.98. The van der Waals surface area contributed by atoms with Gasteiger partial charge in [-0.1, -0.05) is 46.3 Å². The monoisotopic (exact) mass is 458 g/mol. The van der Waals surface area contributed by atoms with Gasteiger partial charge in [0, 0.05) is 28.3 Å². The maximum Gasteiger partial charge on any atom is 0.160 e. The third-order valence-corrected chi connectivity index (χ3v) is 5.43. The maximum absolute atomic E-state index is 5.98. The van der Waals surface area contributed by atoms with E-state index in [9.17, 15) is 0 Å². The lowest BCUT2D eigenvalue weighted by molar-refractivity contribution is 0.531. The number of rotatable bonds is 6. The Balaban J connectivity index is 1.22. The van der Waals surface area contributed by atoms with Gasteiger partial charge in [0.05, 0.1) is 6.54 Å². The van der Waals surface area contributed by atoms with Crippen molar-refractivity contribution < 1.29 is 4.42 Å². The molecule has 0 atom stereocenters. The first-order chi connectivity index (χ1) is 14.7. The molecule has 5 rings (SSSR count). The first-order valence-corrected chi connectivity index (χ1v) is 10.5. The molecule has 0 fully saturated rings. The summed E-state index contributed by atoms with van der Waals surface area (Å²) >= 11 is 3.50. The van der Waals surface area contributed by atoms with Crippen molar-refractivity contribution in [2.75, 3.05) is 5.32 Å². The van der Waals surface area contributed by atoms with E-state index in [0.717, 1.165) is 45.1 Å². The summed E-state index contributed by atoms with van der Waals surface area (Å²) in [5.41, 5.74) is 4.16. The van der Waals surface area contributed by atoms with E-state index in [1.54, 1.807) is 0 Å². The average molecular weight is 459 g/mol. The zero-order valence-electron chi connectivity index (χ0n) is 16.1. The number of halogens is 1. The van der Waals surface area contributed by atoms with E-state index in [1.165, 1.54) is 5.56 Å². The van der Waals surface area contributed by atoms with E-state index >= 15 is 0 Å². The molecule has 0 aliphatic heterocycles. The van der Waals surface area contributed by atoms with Crippen molar-refractivity contribution in [1.29, 1.82) is 0 Å². The fraction of sp³-hybridized carbons (Fsp3) is 0.0833. The molecule has 0 bridgehead atoms. The summed E-state index contributed by atoms with van der Waals surface area (Å²) in [6.07, 6.45) is 2.73.